The number of rotatable bonds is 1. The lowest BCUT2D eigenvalue weighted by Crippen LogP contribution is -2.33. The minimum Gasteiger partial charge on any atom is -0.338 e. The molecule has 3 nitrogen and oxygen atoms in total. The molecule has 1 aliphatic heterocycles. The maximum Gasteiger partial charge on any atom is 0.416 e. The number of benzene rings is 1. The molecule has 1 aromatic rings. The minimum absolute atomic E-state index is 0. The Morgan fingerprint density at radius 3 is 1.96 bits per heavy atom. The number of nitrogens with zero attached hydrogens (tertiary/aromatic N) is 1. The standard InChI is InChI=1S/C16H16F6N2O.ClH/c17-15(18,19)10-3-9(4-11(5-10)16(20,21)22)14(25)24-6-8-1-2-13(23)12(8)7-24;/h3-5,8,12-13H,1-2,6-7,23H2;1H. The number of hydrogen-bond donors (Lipinski definition) is 1. The molecule has 3 atom stereocenters. The summed E-state index contributed by atoms with van der Waals surface area (Å²) in [4.78, 5) is 13.8. The van der Waals surface area contributed by atoms with Gasteiger partial charge >= 0.3 is 12.4 Å². The summed E-state index contributed by atoms with van der Waals surface area (Å²) in [6, 6.07) is 0.887. The Morgan fingerprint density at radius 2 is 1.50 bits per heavy atom. The molecule has 0 bridgehead atoms. The Morgan fingerprint density at radius 1 is 0.962 bits per heavy atom. The molecule has 0 aromatic heterocycles. The average molecular weight is 403 g/mol. The number of fused-ring (bicyclic) bond motifs is 1. The lowest BCUT2D eigenvalue weighted by Gasteiger charge is -2.20. The van der Waals surface area contributed by atoms with Crippen LogP contribution in [-0.4, -0.2) is 29.9 Å². The van der Waals surface area contributed by atoms with Crippen molar-refractivity contribution in [3.63, 3.8) is 0 Å². The van der Waals surface area contributed by atoms with E-state index in [1.165, 1.54) is 4.90 Å². The number of carbonyl (C=O) groups excluding carboxylic acids is 1. The molecular weight excluding hydrogens is 386 g/mol. The van der Waals surface area contributed by atoms with E-state index in [0.717, 1.165) is 12.8 Å². The van der Waals surface area contributed by atoms with Gasteiger partial charge in [-0.15, -0.1) is 12.4 Å². The summed E-state index contributed by atoms with van der Waals surface area (Å²) in [6.07, 6.45) is -8.31. The van der Waals surface area contributed by atoms with Crippen molar-refractivity contribution in [2.75, 3.05) is 13.1 Å². The first-order chi connectivity index (χ1) is 11.5. The molecule has 1 amide bonds. The highest BCUT2D eigenvalue weighted by molar-refractivity contribution is 5.95. The fourth-order valence-corrected chi connectivity index (χ4v) is 3.73. The molecular formula is C16H17ClF6N2O. The first-order valence-corrected chi connectivity index (χ1v) is 7.81. The molecule has 26 heavy (non-hydrogen) atoms. The maximum atomic E-state index is 12.9. The highest BCUT2D eigenvalue weighted by Crippen LogP contribution is 2.39. The lowest BCUT2D eigenvalue weighted by atomic mass is 9.98. The lowest BCUT2D eigenvalue weighted by molar-refractivity contribution is -0.143. The van der Waals surface area contributed by atoms with Crippen molar-refractivity contribution in [1.29, 1.82) is 0 Å². The van der Waals surface area contributed by atoms with Crippen LogP contribution < -0.4 is 5.73 Å². The molecule has 1 saturated heterocycles. The van der Waals surface area contributed by atoms with Crippen molar-refractivity contribution in [3.05, 3.63) is 34.9 Å². The minimum atomic E-state index is -4.97. The third-order valence-corrected chi connectivity index (χ3v) is 5.03. The van der Waals surface area contributed by atoms with Gasteiger partial charge in [-0.25, -0.2) is 0 Å². The summed E-state index contributed by atoms with van der Waals surface area (Å²) in [5, 5.41) is 0. The number of carbonyl (C=O) groups is 1. The Hall–Kier alpha value is -1.48. The van der Waals surface area contributed by atoms with Crippen molar-refractivity contribution < 1.29 is 31.1 Å². The van der Waals surface area contributed by atoms with Crippen LogP contribution in [0.2, 0.25) is 0 Å². The SMILES string of the molecule is Cl.NC1CCC2CN(C(=O)c3cc(C(F)(F)F)cc(C(F)(F)F)c3)CC12. The monoisotopic (exact) mass is 402 g/mol. The van der Waals surface area contributed by atoms with Gasteiger partial charge in [-0.1, -0.05) is 0 Å². The van der Waals surface area contributed by atoms with Crippen molar-refractivity contribution in [2.24, 2.45) is 17.6 Å². The number of amides is 1. The summed E-state index contributed by atoms with van der Waals surface area (Å²) >= 11 is 0. The molecule has 10 heteroatoms. The van der Waals surface area contributed by atoms with E-state index in [1.807, 2.05) is 0 Å². The van der Waals surface area contributed by atoms with Gasteiger partial charge in [-0.3, -0.25) is 4.79 Å². The number of hydrogen-bond acceptors (Lipinski definition) is 2. The summed E-state index contributed by atoms with van der Waals surface area (Å²) in [5.41, 5.74) is 2.38. The van der Waals surface area contributed by atoms with Crippen LogP contribution in [0.5, 0.6) is 0 Å². The van der Waals surface area contributed by atoms with Gasteiger partial charge in [-0.2, -0.15) is 26.3 Å². The quantitative estimate of drug-likeness (QED) is 0.723. The van der Waals surface area contributed by atoms with Crippen molar-refractivity contribution >= 4 is 18.3 Å². The highest BCUT2D eigenvalue weighted by Gasteiger charge is 2.43. The first kappa shape index (κ1) is 20.8. The van der Waals surface area contributed by atoms with E-state index >= 15 is 0 Å². The van der Waals surface area contributed by atoms with Crippen LogP contribution in [0, 0.1) is 11.8 Å². The normalized spacial score (nSPS) is 25.8. The highest BCUT2D eigenvalue weighted by atomic mass is 35.5. The van der Waals surface area contributed by atoms with E-state index in [1.54, 1.807) is 0 Å². The Balaban J connectivity index is 0.00000243. The number of likely N-dealkylation sites (tertiary alicyclic amines) is 1. The zero-order chi connectivity index (χ0) is 18.6. The molecule has 3 unspecified atom stereocenters. The van der Waals surface area contributed by atoms with E-state index in [2.05, 4.69) is 0 Å². The van der Waals surface area contributed by atoms with Crippen molar-refractivity contribution in [1.82, 2.24) is 4.90 Å². The Kier molecular flexibility index (Phi) is 5.54. The first-order valence-electron chi connectivity index (χ1n) is 7.81. The van der Waals surface area contributed by atoms with E-state index in [4.69, 9.17) is 5.73 Å². The van der Waals surface area contributed by atoms with Crippen LogP contribution in [0.1, 0.15) is 34.3 Å². The van der Waals surface area contributed by atoms with Crippen molar-refractivity contribution in [3.8, 4) is 0 Å². The molecule has 2 aliphatic rings. The van der Waals surface area contributed by atoms with Gasteiger partial charge in [-0.05, 0) is 42.9 Å². The summed E-state index contributed by atoms with van der Waals surface area (Å²) < 4.78 is 77.4. The predicted molar refractivity (Wildman–Crippen MR) is 83.8 cm³/mol. The van der Waals surface area contributed by atoms with Crippen LogP contribution in [0.25, 0.3) is 0 Å². The van der Waals surface area contributed by atoms with Crippen LogP contribution in [-0.2, 0) is 12.4 Å². The third-order valence-electron chi connectivity index (χ3n) is 5.03. The van der Waals surface area contributed by atoms with Gasteiger partial charge < -0.3 is 10.6 Å². The second-order valence-electron chi connectivity index (χ2n) is 6.67. The summed E-state index contributed by atoms with van der Waals surface area (Å²) in [5.74, 6) is -0.609. The molecule has 1 saturated carbocycles. The third kappa shape index (κ3) is 3.93. The van der Waals surface area contributed by atoms with E-state index in [0.29, 0.717) is 18.7 Å². The number of nitrogens with two attached hydrogens (primary N) is 1. The topological polar surface area (TPSA) is 46.3 Å². The summed E-state index contributed by atoms with van der Waals surface area (Å²) in [7, 11) is 0. The summed E-state index contributed by atoms with van der Waals surface area (Å²) in [6.45, 7) is 0.580. The van der Waals surface area contributed by atoms with Gasteiger partial charge in [0, 0.05) is 24.7 Å². The van der Waals surface area contributed by atoms with E-state index < -0.39 is 35.0 Å². The van der Waals surface area contributed by atoms with Crippen LogP contribution in [0.4, 0.5) is 26.3 Å². The smallest absolute Gasteiger partial charge is 0.338 e. The Bertz CT molecular complexity index is 658. The van der Waals surface area contributed by atoms with Gasteiger partial charge in [0.05, 0.1) is 11.1 Å². The van der Waals surface area contributed by atoms with Gasteiger partial charge in [0.2, 0.25) is 0 Å². The fraction of sp³-hybridized carbons (Fsp3) is 0.562. The fourth-order valence-electron chi connectivity index (χ4n) is 3.73. The molecule has 1 aromatic carbocycles. The van der Waals surface area contributed by atoms with Crippen LogP contribution in [0.15, 0.2) is 18.2 Å². The second kappa shape index (κ2) is 6.92. The molecule has 0 spiro atoms. The van der Waals surface area contributed by atoms with E-state index in [-0.39, 0.29) is 42.9 Å². The zero-order valence-electron chi connectivity index (χ0n) is 13.4. The van der Waals surface area contributed by atoms with Gasteiger partial charge in [0.25, 0.3) is 5.91 Å². The number of alkyl halides is 6. The predicted octanol–water partition coefficient (Wildman–Crippen LogP) is 3.96. The van der Waals surface area contributed by atoms with Crippen molar-refractivity contribution in [2.45, 2.75) is 31.2 Å². The van der Waals surface area contributed by atoms with Crippen LogP contribution in [0.3, 0.4) is 0 Å². The average Bonchev–Trinajstić information content (AvgIpc) is 3.07. The second-order valence-corrected chi connectivity index (χ2v) is 6.67. The molecule has 1 aliphatic carbocycles. The molecule has 2 fully saturated rings. The molecule has 3 rings (SSSR count). The molecule has 146 valence electrons. The van der Waals surface area contributed by atoms with E-state index in [9.17, 15) is 31.1 Å². The van der Waals surface area contributed by atoms with Gasteiger partial charge in [0.15, 0.2) is 0 Å². The number of halogens is 7. The molecule has 0 radical (unpaired) electrons. The Labute approximate surface area is 151 Å². The maximum absolute atomic E-state index is 12.9. The molecule has 1 heterocycles. The largest absolute Gasteiger partial charge is 0.416 e. The van der Waals surface area contributed by atoms with Gasteiger partial charge in [0.1, 0.15) is 0 Å². The molecule has 2 N–H and O–H groups in total. The van der Waals surface area contributed by atoms with Crippen LogP contribution >= 0.6 is 12.4 Å². The zero-order valence-corrected chi connectivity index (χ0v) is 14.2.